The molecule has 0 radical (unpaired) electrons. The molecule has 23 heavy (non-hydrogen) atoms. The third-order valence-corrected chi connectivity index (χ3v) is 3.92. The molecule has 3 rings (SSSR count). The number of unbranched alkanes of at least 4 members (excludes halogenated alkanes) is 1. The van der Waals surface area contributed by atoms with Crippen LogP contribution in [-0.4, -0.2) is 27.0 Å². The van der Waals surface area contributed by atoms with Gasteiger partial charge in [-0.15, -0.1) is 0 Å². The van der Waals surface area contributed by atoms with Crippen LogP contribution in [0.5, 0.6) is 0 Å². The number of imidazole rings is 1. The van der Waals surface area contributed by atoms with Crippen molar-refractivity contribution < 1.29 is 10.0 Å². The minimum absolute atomic E-state index is 0.0164. The fourth-order valence-electron chi connectivity index (χ4n) is 2.75. The number of aromatic nitrogens is 2. The molecule has 0 saturated heterocycles. The smallest absolute Gasteiger partial charge is 0.262 e. The molecule has 120 valence electrons. The van der Waals surface area contributed by atoms with Crippen LogP contribution in [0.1, 0.15) is 25.5 Å². The van der Waals surface area contributed by atoms with Crippen molar-refractivity contribution in [2.75, 3.05) is 11.9 Å². The number of hydrogen-bond acceptors (Lipinski definition) is 4. The standard InChI is InChI=1S/C17H20N4O2/c1-2-3-8-14-16(18-11-15(22)20-23)19-17-13-7-5-4-6-12(13)9-10-21(14)17/h4-7,9-10,18,23H,2-3,8,11H2,1H3,(H,20,22). The summed E-state index contributed by atoms with van der Waals surface area (Å²) in [4.78, 5) is 16.0. The largest absolute Gasteiger partial charge is 0.359 e. The lowest BCUT2D eigenvalue weighted by Gasteiger charge is -2.06. The van der Waals surface area contributed by atoms with Crippen LogP contribution < -0.4 is 10.8 Å². The average molecular weight is 312 g/mol. The van der Waals surface area contributed by atoms with E-state index in [2.05, 4.69) is 28.8 Å². The Balaban J connectivity index is 2.09. The normalized spacial score (nSPS) is 11.0. The second-order valence-electron chi connectivity index (χ2n) is 5.50. The fraction of sp³-hybridized carbons (Fsp3) is 0.294. The lowest BCUT2D eigenvalue weighted by Crippen LogP contribution is -2.27. The summed E-state index contributed by atoms with van der Waals surface area (Å²) >= 11 is 0. The van der Waals surface area contributed by atoms with E-state index < -0.39 is 5.91 Å². The van der Waals surface area contributed by atoms with Gasteiger partial charge in [-0.3, -0.25) is 10.0 Å². The Hall–Kier alpha value is -2.60. The molecule has 0 aliphatic carbocycles. The SMILES string of the molecule is CCCCc1c(NCC(=O)NO)nc2c3ccccc3ccn12. The minimum atomic E-state index is -0.492. The van der Waals surface area contributed by atoms with Crippen molar-refractivity contribution in [2.24, 2.45) is 0 Å². The maximum Gasteiger partial charge on any atom is 0.262 e. The van der Waals surface area contributed by atoms with Crippen molar-refractivity contribution in [3.8, 4) is 0 Å². The number of hydrogen-bond donors (Lipinski definition) is 3. The van der Waals surface area contributed by atoms with E-state index in [1.807, 2.05) is 24.4 Å². The molecule has 6 heteroatoms. The summed E-state index contributed by atoms with van der Waals surface area (Å²) in [6.45, 7) is 2.13. The number of pyridine rings is 1. The van der Waals surface area contributed by atoms with Gasteiger partial charge in [0.05, 0.1) is 12.2 Å². The van der Waals surface area contributed by atoms with Crippen molar-refractivity contribution in [3.63, 3.8) is 0 Å². The molecule has 0 saturated carbocycles. The predicted molar refractivity (Wildman–Crippen MR) is 89.7 cm³/mol. The molecular formula is C17H20N4O2. The minimum Gasteiger partial charge on any atom is -0.359 e. The first-order chi connectivity index (χ1) is 11.2. The zero-order valence-electron chi connectivity index (χ0n) is 13.0. The second kappa shape index (κ2) is 6.66. The van der Waals surface area contributed by atoms with Crippen LogP contribution in [0.3, 0.4) is 0 Å². The molecule has 3 aromatic rings. The topological polar surface area (TPSA) is 78.7 Å². The summed E-state index contributed by atoms with van der Waals surface area (Å²) < 4.78 is 2.08. The molecule has 0 aliphatic rings. The van der Waals surface area contributed by atoms with Gasteiger partial charge in [0.2, 0.25) is 0 Å². The van der Waals surface area contributed by atoms with E-state index in [1.54, 1.807) is 5.48 Å². The van der Waals surface area contributed by atoms with E-state index in [0.29, 0.717) is 5.82 Å². The zero-order chi connectivity index (χ0) is 16.2. The molecule has 0 bridgehead atoms. The van der Waals surface area contributed by atoms with E-state index in [0.717, 1.165) is 41.4 Å². The summed E-state index contributed by atoms with van der Waals surface area (Å²) in [5.74, 6) is 0.201. The second-order valence-corrected chi connectivity index (χ2v) is 5.50. The molecule has 1 amide bonds. The van der Waals surface area contributed by atoms with Crippen molar-refractivity contribution >= 4 is 28.1 Å². The average Bonchev–Trinajstić information content (AvgIpc) is 2.95. The Kier molecular flexibility index (Phi) is 4.43. The highest BCUT2D eigenvalue weighted by Gasteiger charge is 2.14. The van der Waals surface area contributed by atoms with Crippen LogP contribution in [0.2, 0.25) is 0 Å². The van der Waals surface area contributed by atoms with Crippen LogP contribution in [-0.2, 0) is 11.2 Å². The number of rotatable bonds is 6. The van der Waals surface area contributed by atoms with Crippen LogP contribution in [0.4, 0.5) is 5.82 Å². The number of amides is 1. The van der Waals surface area contributed by atoms with Crippen LogP contribution >= 0.6 is 0 Å². The summed E-state index contributed by atoms with van der Waals surface area (Å²) in [5, 5.41) is 13.9. The Morgan fingerprint density at radius 3 is 2.91 bits per heavy atom. The Morgan fingerprint density at radius 1 is 1.30 bits per heavy atom. The van der Waals surface area contributed by atoms with Crippen LogP contribution in [0, 0.1) is 0 Å². The molecule has 3 N–H and O–H groups in total. The number of nitrogens with one attached hydrogen (secondary N) is 2. The maximum absolute atomic E-state index is 11.3. The van der Waals surface area contributed by atoms with Gasteiger partial charge in [0.15, 0.2) is 0 Å². The Bertz CT molecular complexity index is 841. The number of fused-ring (bicyclic) bond motifs is 3. The Labute approximate surface area is 134 Å². The van der Waals surface area contributed by atoms with E-state index in [-0.39, 0.29) is 6.54 Å². The lowest BCUT2D eigenvalue weighted by atomic mass is 10.1. The van der Waals surface area contributed by atoms with E-state index in [1.165, 1.54) is 0 Å². The lowest BCUT2D eigenvalue weighted by molar-refractivity contribution is -0.127. The summed E-state index contributed by atoms with van der Waals surface area (Å²) in [6.07, 6.45) is 5.02. The van der Waals surface area contributed by atoms with Gasteiger partial charge in [-0.2, -0.15) is 0 Å². The van der Waals surface area contributed by atoms with Crippen molar-refractivity contribution in [1.29, 1.82) is 0 Å². The third-order valence-electron chi connectivity index (χ3n) is 3.92. The number of carbonyl (C=O) groups excluding carboxylic acids is 1. The first-order valence-corrected chi connectivity index (χ1v) is 7.80. The number of anilines is 1. The molecule has 6 nitrogen and oxygen atoms in total. The molecule has 2 aromatic heterocycles. The third kappa shape index (κ3) is 2.98. The fourth-order valence-corrected chi connectivity index (χ4v) is 2.75. The molecule has 0 atom stereocenters. The zero-order valence-corrected chi connectivity index (χ0v) is 13.0. The predicted octanol–water partition coefficient (Wildman–Crippen LogP) is 2.75. The quantitative estimate of drug-likeness (QED) is 0.483. The maximum atomic E-state index is 11.3. The highest BCUT2D eigenvalue weighted by molar-refractivity contribution is 5.94. The van der Waals surface area contributed by atoms with Crippen LogP contribution in [0.15, 0.2) is 36.5 Å². The van der Waals surface area contributed by atoms with Crippen molar-refractivity contribution in [3.05, 3.63) is 42.2 Å². The van der Waals surface area contributed by atoms with E-state index in [4.69, 9.17) is 10.2 Å². The number of carbonyl (C=O) groups is 1. The van der Waals surface area contributed by atoms with Gasteiger partial charge in [-0.1, -0.05) is 37.6 Å². The van der Waals surface area contributed by atoms with Gasteiger partial charge >= 0.3 is 0 Å². The summed E-state index contributed by atoms with van der Waals surface area (Å²) in [5.41, 5.74) is 3.56. The monoisotopic (exact) mass is 312 g/mol. The molecule has 0 aliphatic heterocycles. The van der Waals surface area contributed by atoms with Gasteiger partial charge < -0.3 is 9.72 Å². The van der Waals surface area contributed by atoms with Gasteiger partial charge in [0, 0.05) is 11.6 Å². The number of aryl methyl sites for hydroxylation is 1. The number of hydroxylamine groups is 1. The van der Waals surface area contributed by atoms with Gasteiger partial charge in [-0.25, -0.2) is 10.5 Å². The van der Waals surface area contributed by atoms with Gasteiger partial charge in [-0.05, 0) is 24.3 Å². The first-order valence-electron chi connectivity index (χ1n) is 7.80. The highest BCUT2D eigenvalue weighted by atomic mass is 16.5. The molecule has 0 unspecified atom stereocenters. The summed E-state index contributed by atoms with van der Waals surface area (Å²) in [6, 6.07) is 10.2. The van der Waals surface area contributed by atoms with Crippen molar-refractivity contribution in [1.82, 2.24) is 14.9 Å². The number of benzene rings is 1. The number of nitrogens with zero attached hydrogens (tertiary/aromatic N) is 2. The summed E-state index contributed by atoms with van der Waals surface area (Å²) in [7, 11) is 0. The molecule has 2 heterocycles. The van der Waals surface area contributed by atoms with E-state index >= 15 is 0 Å². The molecule has 0 fully saturated rings. The first kappa shape index (κ1) is 15.3. The van der Waals surface area contributed by atoms with E-state index in [9.17, 15) is 4.79 Å². The highest BCUT2D eigenvalue weighted by Crippen LogP contribution is 2.25. The molecule has 1 aromatic carbocycles. The van der Waals surface area contributed by atoms with Gasteiger partial charge in [0.25, 0.3) is 5.91 Å². The van der Waals surface area contributed by atoms with Gasteiger partial charge in [0.1, 0.15) is 11.5 Å². The molecular weight excluding hydrogens is 292 g/mol. The van der Waals surface area contributed by atoms with Crippen molar-refractivity contribution in [2.45, 2.75) is 26.2 Å². The Morgan fingerprint density at radius 2 is 2.13 bits per heavy atom. The van der Waals surface area contributed by atoms with Crippen LogP contribution in [0.25, 0.3) is 16.4 Å². The molecule has 0 spiro atoms.